The van der Waals surface area contributed by atoms with E-state index in [2.05, 4.69) is 37.9 Å². The lowest BCUT2D eigenvalue weighted by Gasteiger charge is -2.25. The van der Waals surface area contributed by atoms with Gasteiger partial charge in [-0.2, -0.15) is 0 Å². The molecular formula is C27H24N2O3. The van der Waals surface area contributed by atoms with Crippen molar-refractivity contribution in [3.63, 3.8) is 0 Å². The smallest absolute Gasteiger partial charge is 0.296 e. The number of para-hydroxylation sites is 1. The molecule has 1 amide bonds. The molecule has 0 saturated heterocycles. The molecule has 2 aromatic carbocycles. The Labute approximate surface area is 186 Å². The quantitative estimate of drug-likeness (QED) is 0.424. The highest BCUT2D eigenvalue weighted by Crippen LogP contribution is 2.41. The molecule has 0 aliphatic carbocycles. The average Bonchev–Trinajstić information content (AvgIpc) is 3.06. The summed E-state index contributed by atoms with van der Waals surface area (Å²) in [6.45, 7) is 8.41. The normalized spacial score (nSPS) is 15.9. The molecule has 1 aliphatic rings. The first-order valence-electron chi connectivity index (χ1n) is 10.7. The Balaban J connectivity index is 1.77. The molecule has 5 heteroatoms. The van der Waals surface area contributed by atoms with Gasteiger partial charge in [-0.15, -0.1) is 0 Å². The Bertz CT molecular complexity index is 1410. The van der Waals surface area contributed by atoms with Crippen LogP contribution in [0.3, 0.4) is 0 Å². The third-order valence-corrected chi connectivity index (χ3v) is 6.02. The van der Waals surface area contributed by atoms with Gasteiger partial charge in [-0.05, 0) is 53.3 Å². The highest BCUT2D eigenvalue weighted by molar-refractivity contribution is 6.10. The summed E-state index contributed by atoms with van der Waals surface area (Å²) in [6, 6.07) is 18.3. The number of hydrogen-bond donors (Lipinski definition) is 0. The predicted octanol–water partition coefficient (Wildman–Crippen LogP) is 5.54. The standard InChI is InChI=1S/C27H24N2O3/c1-16-13-14-28-21(15-16)29-23(17-9-11-18(12-10-17)27(2,3)4)22-24(30)19-7-5-6-8-20(19)32-25(22)26(29)31/h5-15,23H,1-4H3. The van der Waals surface area contributed by atoms with Crippen molar-refractivity contribution in [3.8, 4) is 0 Å². The van der Waals surface area contributed by atoms with Crippen LogP contribution in [-0.4, -0.2) is 10.9 Å². The number of hydrogen-bond acceptors (Lipinski definition) is 4. The van der Waals surface area contributed by atoms with E-state index < -0.39 is 6.04 Å². The largest absolute Gasteiger partial charge is 0.450 e. The van der Waals surface area contributed by atoms with Crippen molar-refractivity contribution in [2.24, 2.45) is 0 Å². The van der Waals surface area contributed by atoms with E-state index in [1.807, 2.05) is 31.2 Å². The first-order valence-corrected chi connectivity index (χ1v) is 10.7. The van der Waals surface area contributed by atoms with Crippen molar-refractivity contribution in [3.05, 3.63) is 105 Å². The summed E-state index contributed by atoms with van der Waals surface area (Å²) in [5, 5.41) is 0.467. The Kier molecular flexibility index (Phi) is 4.52. The number of carbonyl (C=O) groups is 1. The van der Waals surface area contributed by atoms with Crippen LogP contribution in [0.15, 0.2) is 76.1 Å². The van der Waals surface area contributed by atoms with Gasteiger partial charge in [-0.3, -0.25) is 14.5 Å². The lowest BCUT2D eigenvalue weighted by molar-refractivity contribution is 0.0970. The van der Waals surface area contributed by atoms with Gasteiger partial charge in [0.05, 0.1) is 17.0 Å². The number of fused-ring (bicyclic) bond motifs is 2. The number of aryl methyl sites for hydroxylation is 1. The fourth-order valence-corrected chi connectivity index (χ4v) is 4.29. The van der Waals surface area contributed by atoms with E-state index in [0.717, 1.165) is 11.1 Å². The Morgan fingerprint density at radius 2 is 1.69 bits per heavy atom. The van der Waals surface area contributed by atoms with Crippen molar-refractivity contribution in [2.75, 3.05) is 4.90 Å². The first kappa shape index (κ1) is 20.2. The van der Waals surface area contributed by atoms with Crippen LogP contribution in [-0.2, 0) is 5.41 Å². The molecule has 5 nitrogen and oxygen atoms in total. The van der Waals surface area contributed by atoms with Gasteiger partial charge in [0, 0.05) is 6.20 Å². The summed E-state index contributed by atoms with van der Waals surface area (Å²) in [7, 11) is 0. The fraction of sp³-hybridized carbons (Fsp3) is 0.222. The number of nitrogens with zero attached hydrogens (tertiary/aromatic N) is 2. The molecule has 160 valence electrons. The second kappa shape index (κ2) is 7.16. The number of aromatic nitrogens is 1. The molecule has 1 aliphatic heterocycles. The Hall–Kier alpha value is -3.73. The van der Waals surface area contributed by atoms with Gasteiger partial charge in [0.25, 0.3) is 5.91 Å². The second-order valence-electron chi connectivity index (χ2n) is 9.31. The van der Waals surface area contributed by atoms with Crippen LogP contribution in [0.4, 0.5) is 5.82 Å². The van der Waals surface area contributed by atoms with Crippen LogP contribution in [0.1, 0.15) is 59.6 Å². The summed E-state index contributed by atoms with van der Waals surface area (Å²) in [5.74, 6) is 0.225. The fourth-order valence-electron chi connectivity index (χ4n) is 4.29. The highest BCUT2D eigenvalue weighted by atomic mass is 16.3. The summed E-state index contributed by atoms with van der Waals surface area (Å²) < 4.78 is 5.99. The number of pyridine rings is 1. The molecule has 3 heterocycles. The molecule has 1 unspecified atom stereocenters. The minimum absolute atomic E-state index is 0.00501. The average molecular weight is 425 g/mol. The molecule has 0 N–H and O–H groups in total. The van der Waals surface area contributed by atoms with Gasteiger partial charge in [0.2, 0.25) is 5.76 Å². The van der Waals surface area contributed by atoms with E-state index in [9.17, 15) is 9.59 Å². The SMILES string of the molecule is Cc1ccnc(N2C(=O)c3oc4ccccc4c(=O)c3C2c2ccc(C(C)(C)C)cc2)c1. The molecule has 32 heavy (non-hydrogen) atoms. The van der Waals surface area contributed by atoms with Crippen LogP contribution >= 0.6 is 0 Å². The van der Waals surface area contributed by atoms with Crippen LogP contribution in [0.2, 0.25) is 0 Å². The number of carbonyl (C=O) groups excluding carboxylic acids is 1. The highest BCUT2D eigenvalue weighted by Gasteiger charge is 2.44. The lowest BCUT2D eigenvalue weighted by atomic mass is 9.86. The maximum atomic E-state index is 13.6. The Morgan fingerprint density at radius 3 is 2.38 bits per heavy atom. The third kappa shape index (κ3) is 3.12. The summed E-state index contributed by atoms with van der Waals surface area (Å²) in [5.41, 5.74) is 3.58. The lowest BCUT2D eigenvalue weighted by Crippen LogP contribution is -2.30. The van der Waals surface area contributed by atoms with Gasteiger partial charge in [-0.25, -0.2) is 4.98 Å². The van der Waals surface area contributed by atoms with Crippen molar-refractivity contribution < 1.29 is 9.21 Å². The number of rotatable bonds is 2. The Morgan fingerprint density at radius 1 is 0.969 bits per heavy atom. The van der Waals surface area contributed by atoms with Crippen LogP contribution < -0.4 is 10.3 Å². The maximum Gasteiger partial charge on any atom is 0.296 e. The maximum absolute atomic E-state index is 13.6. The third-order valence-electron chi connectivity index (χ3n) is 6.02. The van der Waals surface area contributed by atoms with Gasteiger partial charge < -0.3 is 4.42 Å². The van der Waals surface area contributed by atoms with Gasteiger partial charge in [0.1, 0.15) is 11.4 Å². The molecule has 0 fully saturated rings. The van der Waals surface area contributed by atoms with Crippen LogP contribution in [0, 0.1) is 6.92 Å². The summed E-state index contributed by atoms with van der Waals surface area (Å²) in [4.78, 5) is 33.2. The van der Waals surface area contributed by atoms with E-state index in [4.69, 9.17) is 4.42 Å². The van der Waals surface area contributed by atoms with E-state index in [-0.39, 0.29) is 22.5 Å². The molecule has 1 atom stereocenters. The zero-order valence-electron chi connectivity index (χ0n) is 18.5. The van der Waals surface area contributed by atoms with Crippen LogP contribution in [0.25, 0.3) is 11.0 Å². The van der Waals surface area contributed by atoms with Crippen molar-refractivity contribution in [1.82, 2.24) is 4.98 Å². The number of benzene rings is 2. The number of anilines is 1. The van der Waals surface area contributed by atoms with Crippen molar-refractivity contribution in [1.29, 1.82) is 0 Å². The zero-order chi connectivity index (χ0) is 22.6. The van der Waals surface area contributed by atoms with Crippen molar-refractivity contribution in [2.45, 2.75) is 39.2 Å². The van der Waals surface area contributed by atoms with E-state index in [1.165, 1.54) is 5.56 Å². The van der Waals surface area contributed by atoms with E-state index in [1.54, 1.807) is 35.4 Å². The van der Waals surface area contributed by atoms with Crippen LogP contribution in [0.5, 0.6) is 0 Å². The van der Waals surface area contributed by atoms with Gasteiger partial charge in [0.15, 0.2) is 5.43 Å². The summed E-state index contributed by atoms with van der Waals surface area (Å²) >= 11 is 0. The molecule has 0 saturated carbocycles. The predicted molar refractivity (Wildman–Crippen MR) is 125 cm³/mol. The van der Waals surface area contributed by atoms with Crippen molar-refractivity contribution >= 4 is 22.7 Å². The summed E-state index contributed by atoms with van der Waals surface area (Å²) in [6.07, 6.45) is 1.67. The van der Waals surface area contributed by atoms with Gasteiger partial charge >= 0.3 is 0 Å². The first-order chi connectivity index (χ1) is 15.3. The molecule has 4 aromatic rings. The number of amides is 1. The molecule has 5 rings (SSSR count). The minimum Gasteiger partial charge on any atom is -0.450 e. The second-order valence-corrected chi connectivity index (χ2v) is 9.31. The molecule has 0 radical (unpaired) electrons. The molecule has 0 spiro atoms. The van der Waals surface area contributed by atoms with E-state index in [0.29, 0.717) is 22.4 Å². The molecule has 0 bridgehead atoms. The minimum atomic E-state index is -0.610. The zero-order valence-corrected chi connectivity index (χ0v) is 18.5. The topological polar surface area (TPSA) is 63.4 Å². The molecular weight excluding hydrogens is 400 g/mol. The van der Waals surface area contributed by atoms with Gasteiger partial charge in [-0.1, -0.05) is 57.2 Å². The molecule has 2 aromatic heterocycles. The van der Waals surface area contributed by atoms with E-state index >= 15 is 0 Å². The monoisotopic (exact) mass is 424 g/mol.